The highest BCUT2D eigenvalue weighted by atomic mass is 32.2. The molecule has 3 rings (SSSR count). The Kier molecular flexibility index (Phi) is 11.0. The summed E-state index contributed by atoms with van der Waals surface area (Å²) in [5.41, 5.74) is -1.62. The standard InChI is InChI=1S/C28H41F3N4O6S/c1-27(2,3)24(32-25(37)20(17-35(39)18-36)16-19-6-4-5-7-19)26(38)34-14-12-22(13-15-34)33-42(40,41)23-10-8-21(9-11-23)28(29,30)31/h8-11,18-20,22,24,33,39H,4-7,12-17H2,1-3H3,(H,32,37)/t20?,24-/m1/s1. The molecule has 10 nitrogen and oxygen atoms in total. The van der Waals surface area contributed by atoms with Gasteiger partial charge in [-0.05, 0) is 54.9 Å². The normalized spacial score (nSPS) is 18.9. The molecule has 236 valence electrons. The first-order valence-electron chi connectivity index (χ1n) is 14.2. The molecule has 0 radical (unpaired) electrons. The average Bonchev–Trinajstić information content (AvgIpc) is 3.43. The van der Waals surface area contributed by atoms with Gasteiger partial charge < -0.3 is 10.2 Å². The molecule has 1 aromatic carbocycles. The van der Waals surface area contributed by atoms with Gasteiger partial charge in [-0.3, -0.25) is 19.6 Å². The molecule has 1 heterocycles. The molecule has 42 heavy (non-hydrogen) atoms. The predicted octanol–water partition coefficient (Wildman–Crippen LogP) is 3.55. The molecule has 1 saturated heterocycles. The number of piperidine rings is 1. The molecular formula is C28H41F3N4O6S. The van der Waals surface area contributed by atoms with E-state index in [1.807, 2.05) is 20.8 Å². The van der Waals surface area contributed by atoms with E-state index < -0.39 is 51.1 Å². The third-order valence-corrected chi connectivity index (χ3v) is 9.55. The number of hydroxylamine groups is 2. The molecule has 14 heteroatoms. The monoisotopic (exact) mass is 618 g/mol. The van der Waals surface area contributed by atoms with E-state index in [-0.39, 0.29) is 49.7 Å². The minimum absolute atomic E-state index is 0.179. The van der Waals surface area contributed by atoms with Crippen LogP contribution in [-0.4, -0.2) is 73.5 Å². The smallest absolute Gasteiger partial charge is 0.344 e. The summed E-state index contributed by atoms with van der Waals surface area (Å²) in [7, 11) is -4.07. The molecule has 1 saturated carbocycles. The summed E-state index contributed by atoms with van der Waals surface area (Å²) in [6, 6.07) is 1.81. The number of amides is 3. The van der Waals surface area contributed by atoms with E-state index in [2.05, 4.69) is 10.0 Å². The summed E-state index contributed by atoms with van der Waals surface area (Å²) in [6.07, 6.45) is 0.781. The van der Waals surface area contributed by atoms with Crippen LogP contribution in [0, 0.1) is 17.3 Å². The zero-order chi connectivity index (χ0) is 31.3. The number of alkyl halides is 3. The molecule has 0 aromatic heterocycles. The van der Waals surface area contributed by atoms with Crippen LogP contribution in [0.3, 0.4) is 0 Å². The fourth-order valence-corrected chi connectivity index (χ4v) is 6.91. The van der Waals surface area contributed by atoms with E-state index in [0.717, 1.165) is 37.8 Å². The van der Waals surface area contributed by atoms with Gasteiger partial charge in [0.2, 0.25) is 28.2 Å². The van der Waals surface area contributed by atoms with Crippen LogP contribution in [0.2, 0.25) is 0 Å². The van der Waals surface area contributed by atoms with Crippen LogP contribution in [0.1, 0.15) is 71.3 Å². The molecule has 1 unspecified atom stereocenters. The second kappa shape index (κ2) is 13.7. The van der Waals surface area contributed by atoms with Crippen molar-refractivity contribution >= 4 is 28.2 Å². The third kappa shape index (κ3) is 9.14. The Morgan fingerprint density at radius 1 is 1.07 bits per heavy atom. The Balaban J connectivity index is 1.63. The second-order valence-electron chi connectivity index (χ2n) is 12.4. The highest BCUT2D eigenvalue weighted by molar-refractivity contribution is 7.89. The van der Waals surface area contributed by atoms with E-state index in [4.69, 9.17) is 0 Å². The SMILES string of the molecule is CC(C)(C)[C@H](NC(=O)C(CC1CCCC1)CN(O)C=O)C(=O)N1CCC(NS(=O)(=O)c2ccc(C(F)(F)F)cc2)CC1. The van der Waals surface area contributed by atoms with Crippen molar-refractivity contribution in [3.63, 3.8) is 0 Å². The Morgan fingerprint density at radius 3 is 2.14 bits per heavy atom. The van der Waals surface area contributed by atoms with Crippen molar-refractivity contribution in [2.24, 2.45) is 17.3 Å². The molecule has 2 atom stereocenters. The zero-order valence-corrected chi connectivity index (χ0v) is 25.0. The van der Waals surface area contributed by atoms with E-state index in [9.17, 15) is 41.2 Å². The van der Waals surface area contributed by atoms with Crippen LogP contribution in [0.15, 0.2) is 29.2 Å². The quantitative estimate of drug-likeness (QED) is 0.197. The number of benzene rings is 1. The van der Waals surface area contributed by atoms with Crippen LogP contribution < -0.4 is 10.0 Å². The third-order valence-electron chi connectivity index (χ3n) is 8.01. The van der Waals surface area contributed by atoms with Crippen LogP contribution >= 0.6 is 0 Å². The second-order valence-corrected chi connectivity index (χ2v) is 14.1. The number of nitrogens with zero attached hydrogens (tertiary/aromatic N) is 2. The van der Waals surface area contributed by atoms with Crippen molar-refractivity contribution in [2.75, 3.05) is 19.6 Å². The molecule has 0 bridgehead atoms. The van der Waals surface area contributed by atoms with Gasteiger partial charge in [-0.25, -0.2) is 18.2 Å². The molecule has 3 amide bonds. The molecule has 2 fully saturated rings. The van der Waals surface area contributed by atoms with Crippen LogP contribution in [0.25, 0.3) is 0 Å². The van der Waals surface area contributed by atoms with E-state index in [1.54, 1.807) is 4.90 Å². The average molecular weight is 619 g/mol. The largest absolute Gasteiger partial charge is 0.416 e. The lowest BCUT2D eigenvalue weighted by molar-refractivity contribution is -0.156. The minimum atomic E-state index is -4.58. The van der Waals surface area contributed by atoms with Crippen LogP contribution in [-0.2, 0) is 30.6 Å². The molecule has 1 aliphatic carbocycles. The lowest BCUT2D eigenvalue weighted by atomic mass is 9.84. The van der Waals surface area contributed by atoms with Gasteiger partial charge in [0.15, 0.2) is 0 Å². The van der Waals surface area contributed by atoms with Crippen LogP contribution in [0.4, 0.5) is 13.2 Å². The highest BCUT2D eigenvalue weighted by Crippen LogP contribution is 2.32. The molecule has 3 N–H and O–H groups in total. The summed E-state index contributed by atoms with van der Waals surface area (Å²) in [5, 5.41) is 13.1. The Labute approximate surface area is 245 Å². The van der Waals surface area contributed by atoms with Crippen molar-refractivity contribution < 1.29 is 41.2 Å². The van der Waals surface area contributed by atoms with Gasteiger partial charge in [-0.15, -0.1) is 0 Å². The molecule has 0 spiro atoms. The van der Waals surface area contributed by atoms with Gasteiger partial charge in [-0.2, -0.15) is 13.2 Å². The Morgan fingerprint density at radius 2 is 1.64 bits per heavy atom. The maximum Gasteiger partial charge on any atom is 0.416 e. The first kappa shape index (κ1) is 33.8. The van der Waals surface area contributed by atoms with E-state index >= 15 is 0 Å². The first-order chi connectivity index (χ1) is 19.5. The lowest BCUT2D eigenvalue weighted by Crippen LogP contribution is -2.58. The summed E-state index contributed by atoms with van der Waals surface area (Å²) in [5.74, 6) is -1.13. The van der Waals surface area contributed by atoms with Crippen molar-refractivity contribution in [1.82, 2.24) is 20.0 Å². The minimum Gasteiger partial charge on any atom is -0.344 e. The van der Waals surface area contributed by atoms with E-state index in [1.165, 1.54) is 0 Å². The number of hydrogen-bond donors (Lipinski definition) is 3. The predicted molar refractivity (Wildman–Crippen MR) is 147 cm³/mol. The number of nitrogens with one attached hydrogen (secondary N) is 2. The summed E-state index contributed by atoms with van der Waals surface area (Å²) >= 11 is 0. The summed E-state index contributed by atoms with van der Waals surface area (Å²) < 4.78 is 66.5. The molecule has 2 aliphatic rings. The van der Waals surface area contributed by atoms with Gasteiger partial charge in [0.25, 0.3) is 0 Å². The topological polar surface area (TPSA) is 136 Å². The fourth-order valence-electron chi connectivity index (χ4n) is 5.60. The highest BCUT2D eigenvalue weighted by Gasteiger charge is 2.39. The van der Waals surface area contributed by atoms with Crippen molar-refractivity contribution in [1.29, 1.82) is 0 Å². The lowest BCUT2D eigenvalue weighted by Gasteiger charge is -2.39. The van der Waals surface area contributed by atoms with Crippen molar-refractivity contribution in [2.45, 2.75) is 88.9 Å². The maximum atomic E-state index is 13.6. The van der Waals surface area contributed by atoms with Gasteiger partial charge in [0.05, 0.1) is 22.9 Å². The summed E-state index contributed by atoms with van der Waals surface area (Å²) in [6.45, 7) is 5.69. The van der Waals surface area contributed by atoms with Crippen molar-refractivity contribution in [3.8, 4) is 0 Å². The van der Waals surface area contributed by atoms with E-state index in [0.29, 0.717) is 29.5 Å². The maximum absolute atomic E-state index is 13.6. The van der Waals surface area contributed by atoms with Gasteiger partial charge >= 0.3 is 6.18 Å². The Bertz CT molecular complexity index is 1190. The number of carbonyl (C=O) groups excluding carboxylic acids is 3. The summed E-state index contributed by atoms with van der Waals surface area (Å²) in [4.78, 5) is 39.3. The Hall–Kier alpha value is -2.71. The fraction of sp³-hybridized carbons (Fsp3) is 0.679. The number of likely N-dealkylation sites (tertiary alicyclic amines) is 1. The van der Waals surface area contributed by atoms with Crippen molar-refractivity contribution in [3.05, 3.63) is 29.8 Å². The number of halogens is 3. The number of rotatable bonds is 11. The molecular weight excluding hydrogens is 577 g/mol. The number of carbonyl (C=O) groups is 3. The van der Waals surface area contributed by atoms with Gasteiger partial charge in [0.1, 0.15) is 6.04 Å². The number of hydrogen-bond acceptors (Lipinski definition) is 6. The van der Waals surface area contributed by atoms with Crippen LogP contribution in [0.5, 0.6) is 0 Å². The first-order valence-corrected chi connectivity index (χ1v) is 15.7. The van der Waals surface area contributed by atoms with Gasteiger partial charge in [-0.1, -0.05) is 46.5 Å². The number of sulfonamides is 1. The van der Waals surface area contributed by atoms with Gasteiger partial charge in [0, 0.05) is 19.1 Å². The molecule has 1 aliphatic heterocycles. The zero-order valence-electron chi connectivity index (χ0n) is 24.2. The molecule has 1 aromatic rings.